The molecule has 0 aliphatic heterocycles. The monoisotopic (exact) mass is 410 g/mol. The van der Waals surface area contributed by atoms with Gasteiger partial charge in [-0.05, 0) is 48.6 Å². The Balaban J connectivity index is 1.59. The Hall–Kier alpha value is -2.57. The average molecular weight is 411 g/mol. The normalized spacial score (nSPS) is 10.5. The van der Waals surface area contributed by atoms with Crippen LogP contribution in [-0.4, -0.2) is 18.4 Å². The molecule has 2 aromatic carbocycles. The van der Waals surface area contributed by atoms with E-state index >= 15 is 0 Å². The van der Waals surface area contributed by atoms with Gasteiger partial charge in [-0.25, -0.2) is 0 Å². The Morgan fingerprint density at radius 3 is 2.43 bits per heavy atom. The molecule has 0 spiro atoms. The Morgan fingerprint density at radius 2 is 1.71 bits per heavy atom. The minimum Gasteiger partial charge on any atom is -0.343 e. The summed E-state index contributed by atoms with van der Waals surface area (Å²) in [4.78, 5) is 27.1. The zero-order chi connectivity index (χ0) is 19.9. The second-order valence-electron chi connectivity index (χ2n) is 6.36. The first-order chi connectivity index (χ1) is 13.5. The van der Waals surface area contributed by atoms with Crippen LogP contribution < -0.4 is 10.6 Å². The maximum Gasteiger partial charge on any atom is 0.252 e. The number of nitrogens with one attached hydrogen (secondary N) is 2. The molecule has 0 saturated heterocycles. The van der Waals surface area contributed by atoms with Crippen molar-refractivity contribution >= 4 is 40.6 Å². The van der Waals surface area contributed by atoms with Gasteiger partial charge >= 0.3 is 0 Å². The summed E-state index contributed by atoms with van der Waals surface area (Å²) in [6, 6.07) is 17.4. The molecule has 0 bridgehead atoms. The largest absolute Gasteiger partial charge is 0.343 e. The first-order valence-corrected chi connectivity index (χ1v) is 10.8. The topological polar surface area (TPSA) is 58.2 Å². The van der Waals surface area contributed by atoms with Crippen molar-refractivity contribution in [1.29, 1.82) is 0 Å². The van der Waals surface area contributed by atoms with Crippen molar-refractivity contribution in [2.75, 3.05) is 11.9 Å². The fraction of sp³-hybridized carbons (Fsp3) is 0.182. The summed E-state index contributed by atoms with van der Waals surface area (Å²) in [5, 5.41) is 7.66. The number of carbonyl (C=O) groups is 2. The molecule has 0 saturated carbocycles. The second-order valence-corrected chi connectivity index (χ2v) is 8.41. The summed E-state index contributed by atoms with van der Waals surface area (Å²) in [6.45, 7) is 3.82. The van der Waals surface area contributed by atoms with Gasteiger partial charge in [0.05, 0.1) is 12.1 Å². The van der Waals surface area contributed by atoms with Gasteiger partial charge in [-0.2, -0.15) is 0 Å². The van der Waals surface area contributed by atoms with Crippen molar-refractivity contribution in [3.8, 4) is 0 Å². The minimum absolute atomic E-state index is 0.0729. The van der Waals surface area contributed by atoms with E-state index in [4.69, 9.17) is 0 Å². The number of anilines is 1. The van der Waals surface area contributed by atoms with E-state index in [-0.39, 0.29) is 18.4 Å². The third kappa shape index (κ3) is 5.24. The highest BCUT2D eigenvalue weighted by Gasteiger charge is 2.14. The molecule has 4 nitrogen and oxygen atoms in total. The number of thiophene rings is 1. The SMILES string of the molecule is Cc1cccc(C)c1NC(=O)CNC(=O)c1ccccc1SCc1cccs1. The lowest BCUT2D eigenvalue weighted by Crippen LogP contribution is -2.33. The molecule has 3 rings (SSSR count). The maximum absolute atomic E-state index is 12.6. The van der Waals surface area contributed by atoms with Crippen LogP contribution in [0, 0.1) is 13.8 Å². The number of rotatable bonds is 7. The first kappa shape index (κ1) is 20.2. The zero-order valence-corrected chi connectivity index (χ0v) is 17.5. The number of aryl methyl sites for hydroxylation is 2. The first-order valence-electron chi connectivity index (χ1n) is 8.93. The molecule has 0 fully saturated rings. The highest BCUT2D eigenvalue weighted by molar-refractivity contribution is 7.98. The van der Waals surface area contributed by atoms with E-state index in [0.717, 1.165) is 27.5 Å². The highest BCUT2D eigenvalue weighted by Crippen LogP contribution is 2.28. The summed E-state index contributed by atoms with van der Waals surface area (Å²) < 4.78 is 0. The lowest BCUT2D eigenvalue weighted by atomic mass is 10.1. The van der Waals surface area contributed by atoms with E-state index in [0.29, 0.717) is 5.56 Å². The number of thioether (sulfide) groups is 1. The van der Waals surface area contributed by atoms with Crippen LogP contribution in [0.3, 0.4) is 0 Å². The van der Waals surface area contributed by atoms with Gasteiger partial charge in [-0.1, -0.05) is 36.4 Å². The van der Waals surface area contributed by atoms with Crippen molar-refractivity contribution in [2.45, 2.75) is 24.5 Å². The number of hydrogen-bond acceptors (Lipinski definition) is 4. The van der Waals surface area contributed by atoms with Gasteiger partial charge in [-0.15, -0.1) is 23.1 Å². The molecule has 1 heterocycles. The van der Waals surface area contributed by atoms with Crippen molar-refractivity contribution < 1.29 is 9.59 Å². The Morgan fingerprint density at radius 1 is 0.964 bits per heavy atom. The third-order valence-corrected chi connectivity index (χ3v) is 6.42. The van der Waals surface area contributed by atoms with Gasteiger partial charge in [0.15, 0.2) is 0 Å². The Bertz CT molecular complexity index is 948. The van der Waals surface area contributed by atoms with Crippen LogP contribution in [0.1, 0.15) is 26.4 Å². The van der Waals surface area contributed by atoms with Gasteiger partial charge in [0, 0.05) is 21.2 Å². The standard InChI is InChI=1S/C22H22N2O2S2/c1-15-7-5-8-16(2)21(15)24-20(25)13-23-22(26)18-10-3-4-11-19(18)28-14-17-9-6-12-27-17/h3-12H,13-14H2,1-2H3,(H,23,26)(H,24,25). The predicted molar refractivity (Wildman–Crippen MR) is 117 cm³/mol. The molecule has 2 N–H and O–H groups in total. The van der Waals surface area contributed by atoms with Crippen molar-refractivity contribution in [2.24, 2.45) is 0 Å². The number of para-hydroxylation sites is 1. The summed E-state index contributed by atoms with van der Waals surface area (Å²) in [5.74, 6) is 0.329. The van der Waals surface area contributed by atoms with Crippen LogP contribution >= 0.6 is 23.1 Å². The highest BCUT2D eigenvalue weighted by atomic mass is 32.2. The number of hydrogen-bond donors (Lipinski definition) is 2. The van der Waals surface area contributed by atoms with Gasteiger partial charge in [0.25, 0.3) is 5.91 Å². The molecular formula is C22H22N2O2S2. The molecular weight excluding hydrogens is 388 g/mol. The fourth-order valence-corrected chi connectivity index (χ4v) is 4.60. The predicted octanol–water partition coefficient (Wildman–Crippen LogP) is 5.03. The molecule has 0 aliphatic carbocycles. The van der Waals surface area contributed by atoms with Crippen LogP contribution in [-0.2, 0) is 10.5 Å². The van der Waals surface area contributed by atoms with E-state index in [2.05, 4.69) is 16.7 Å². The van der Waals surface area contributed by atoms with Crippen molar-refractivity contribution in [3.05, 3.63) is 81.5 Å². The number of carbonyl (C=O) groups excluding carboxylic acids is 2. The molecule has 2 amide bonds. The smallest absolute Gasteiger partial charge is 0.252 e. The molecule has 1 aromatic heterocycles. The summed E-state index contributed by atoms with van der Waals surface area (Å²) in [5.41, 5.74) is 3.38. The van der Waals surface area contributed by atoms with Gasteiger partial charge in [-0.3, -0.25) is 9.59 Å². The molecule has 144 valence electrons. The van der Waals surface area contributed by atoms with E-state index in [1.54, 1.807) is 29.2 Å². The van der Waals surface area contributed by atoms with Crippen LogP contribution in [0.4, 0.5) is 5.69 Å². The Labute approximate surface area is 173 Å². The van der Waals surface area contributed by atoms with E-state index in [9.17, 15) is 9.59 Å². The second kappa shape index (κ2) is 9.57. The van der Waals surface area contributed by atoms with Crippen LogP contribution in [0.5, 0.6) is 0 Å². The lowest BCUT2D eigenvalue weighted by molar-refractivity contribution is -0.115. The van der Waals surface area contributed by atoms with E-state index < -0.39 is 0 Å². The summed E-state index contributed by atoms with van der Waals surface area (Å²) >= 11 is 3.32. The molecule has 0 radical (unpaired) electrons. The van der Waals surface area contributed by atoms with Gasteiger partial charge < -0.3 is 10.6 Å². The van der Waals surface area contributed by atoms with Crippen LogP contribution in [0.15, 0.2) is 64.9 Å². The molecule has 0 atom stereocenters. The molecule has 28 heavy (non-hydrogen) atoms. The number of amides is 2. The van der Waals surface area contributed by atoms with E-state index in [1.807, 2.05) is 61.7 Å². The van der Waals surface area contributed by atoms with Gasteiger partial charge in [0.2, 0.25) is 5.91 Å². The molecule has 3 aromatic rings. The van der Waals surface area contributed by atoms with Crippen molar-refractivity contribution in [1.82, 2.24) is 5.32 Å². The van der Waals surface area contributed by atoms with E-state index in [1.165, 1.54) is 4.88 Å². The third-order valence-electron chi connectivity index (χ3n) is 4.24. The summed E-state index contributed by atoms with van der Waals surface area (Å²) in [7, 11) is 0. The van der Waals surface area contributed by atoms with Gasteiger partial charge in [0.1, 0.15) is 0 Å². The van der Waals surface area contributed by atoms with Crippen LogP contribution in [0.25, 0.3) is 0 Å². The quantitative estimate of drug-likeness (QED) is 0.537. The fourth-order valence-electron chi connectivity index (χ4n) is 2.77. The van der Waals surface area contributed by atoms with Crippen LogP contribution in [0.2, 0.25) is 0 Å². The molecule has 0 aliphatic rings. The van der Waals surface area contributed by atoms with Crippen molar-refractivity contribution in [3.63, 3.8) is 0 Å². The summed E-state index contributed by atoms with van der Waals surface area (Å²) in [6.07, 6.45) is 0. The average Bonchev–Trinajstić information content (AvgIpc) is 3.21. The lowest BCUT2D eigenvalue weighted by Gasteiger charge is -2.13. The minimum atomic E-state index is -0.245. The Kier molecular flexibility index (Phi) is 6.90. The molecule has 6 heteroatoms. The maximum atomic E-state index is 12.6. The molecule has 0 unspecified atom stereocenters. The zero-order valence-electron chi connectivity index (χ0n) is 15.8. The number of benzene rings is 2.